The highest BCUT2D eigenvalue weighted by Gasteiger charge is 2.34. The topological polar surface area (TPSA) is 64.1 Å². The Labute approximate surface area is 113 Å². The van der Waals surface area contributed by atoms with E-state index in [0.29, 0.717) is 19.3 Å². The zero-order chi connectivity index (χ0) is 14.8. The largest absolute Gasteiger partial charge is 0.469 e. The second kappa shape index (κ2) is 5.64. The second-order valence-corrected chi connectivity index (χ2v) is 4.64. The Morgan fingerprint density at radius 2 is 2.20 bits per heavy atom. The minimum Gasteiger partial charge on any atom is -0.469 e. The molecule has 1 heterocycles. The molecule has 110 valence electrons. The molecule has 0 saturated heterocycles. The molecule has 0 aromatic carbocycles. The lowest BCUT2D eigenvalue weighted by atomic mass is 10.1. The molecule has 2 rings (SSSR count). The van der Waals surface area contributed by atoms with Crippen molar-refractivity contribution in [3.63, 3.8) is 0 Å². The summed E-state index contributed by atoms with van der Waals surface area (Å²) in [5.74, 6) is -0.585. The van der Waals surface area contributed by atoms with E-state index in [0.717, 1.165) is 12.3 Å². The van der Waals surface area contributed by atoms with Crippen molar-refractivity contribution in [3.8, 4) is 0 Å². The van der Waals surface area contributed by atoms with E-state index < -0.39 is 11.9 Å². The standard InChI is InChI=1S/C12H14F3N3O2/c1-20-10(19)7-2-3-8(6-7)17-11-16-5-4-9(18-11)12(13,14)15/h4-5,7-8H,2-3,6H2,1H3,(H,16,17,18)/t7-,8+/m0/s1. The van der Waals surface area contributed by atoms with Crippen molar-refractivity contribution in [2.24, 2.45) is 5.92 Å². The minimum atomic E-state index is -4.50. The highest BCUT2D eigenvalue weighted by Crippen LogP contribution is 2.30. The number of hydrogen-bond donors (Lipinski definition) is 1. The van der Waals surface area contributed by atoms with Crippen LogP contribution in [0.5, 0.6) is 0 Å². The Bertz CT molecular complexity index is 493. The van der Waals surface area contributed by atoms with E-state index in [-0.39, 0.29) is 23.9 Å². The normalized spacial score (nSPS) is 22.6. The molecule has 0 spiro atoms. The number of halogens is 3. The lowest BCUT2D eigenvalue weighted by molar-refractivity contribution is -0.145. The lowest BCUT2D eigenvalue weighted by Gasteiger charge is -2.13. The molecule has 0 bridgehead atoms. The van der Waals surface area contributed by atoms with E-state index in [1.807, 2.05) is 0 Å². The summed E-state index contributed by atoms with van der Waals surface area (Å²) in [5, 5.41) is 2.83. The van der Waals surface area contributed by atoms with E-state index in [9.17, 15) is 18.0 Å². The van der Waals surface area contributed by atoms with Gasteiger partial charge in [0.25, 0.3) is 0 Å². The predicted octanol–water partition coefficient (Wildman–Crippen LogP) is 2.25. The molecule has 1 aliphatic rings. The SMILES string of the molecule is COC(=O)[C@H]1CC[C@@H](Nc2nccc(C(F)(F)F)n2)C1. The van der Waals surface area contributed by atoms with Crippen LogP contribution in [0.15, 0.2) is 12.3 Å². The van der Waals surface area contributed by atoms with Crippen LogP contribution >= 0.6 is 0 Å². The molecule has 1 fully saturated rings. The molecule has 0 radical (unpaired) electrons. The van der Waals surface area contributed by atoms with Crippen LogP contribution in [0.1, 0.15) is 25.0 Å². The molecule has 2 atom stereocenters. The van der Waals surface area contributed by atoms with Crippen molar-refractivity contribution >= 4 is 11.9 Å². The number of nitrogens with zero attached hydrogens (tertiary/aromatic N) is 2. The fourth-order valence-corrected chi connectivity index (χ4v) is 2.26. The van der Waals surface area contributed by atoms with Gasteiger partial charge in [-0.1, -0.05) is 0 Å². The number of rotatable bonds is 3. The van der Waals surface area contributed by atoms with E-state index in [1.54, 1.807) is 0 Å². The van der Waals surface area contributed by atoms with Gasteiger partial charge in [0.05, 0.1) is 13.0 Å². The minimum absolute atomic E-state index is 0.0738. The maximum absolute atomic E-state index is 12.5. The first-order valence-electron chi connectivity index (χ1n) is 6.14. The molecule has 0 unspecified atom stereocenters. The summed E-state index contributed by atoms with van der Waals surface area (Å²) in [5.41, 5.74) is -0.988. The molecule has 8 heteroatoms. The van der Waals surface area contributed by atoms with Gasteiger partial charge in [-0.05, 0) is 25.3 Å². The highest BCUT2D eigenvalue weighted by atomic mass is 19.4. The van der Waals surface area contributed by atoms with E-state index >= 15 is 0 Å². The monoisotopic (exact) mass is 289 g/mol. The van der Waals surface area contributed by atoms with Crippen LogP contribution in [-0.4, -0.2) is 29.1 Å². The first kappa shape index (κ1) is 14.5. The van der Waals surface area contributed by atoms with Crippen molar-refractivity contribution < 1.29 is 22.7 Å². The number of hydrogen-bond acceptors (Lipinski definition) is 5. The van der Waals surface area contributed by atoms with Crippen LogP contribution in [0.3, 0.4) is 0 Å². The third-order valence-electron chi connectivity index (χ3n) is 3.25. The van der Waals surface area contributed by atoms with Gasteiger partial charge >= 0.3 is 12.1 Å². The van der Waals surface area contributed by atoms with Crippen LogP contribution in [0.25, 0.3) is 0 Å². The summed E-state index contributed by atoms with van der Waals surface area (Å²) in [7, 11) is 1.32. The number of carbonyl (C=O) groups excluding carboxylic acids is 1. The van der Waals surface area contributed by atoms with Crippen molar-refractivity contribution in [1.29, 1.82) is 0 Å². The smallest absolute Gasteiger partial charge is 0.433 e. The zero-order valence-electron chi connectivity index (χ0n) is 10.8. The molecule has 20 heavy (non-hydrogen) atoms. The summed E-state index contributed by atoms with van der Waals surface area (Å²) < 4.78 is 42.2. The number of anilines is 1. The Balaban J connectivity index is 2.00. The highest BCUT2D eigenvalue weighted by molar-refractivity contribution is 5.72. The Morgan fingerprint density at radius 3 is 2.85 bits per heavy atom. The van der Waals surface area contributed by atoms with Gasteiger partial charge in [0.2, 0.25) is 5.95 Å². The molecule has 0 amide bonds. The molecule has 1 N–H and O–H groups in total. The van der Waals surface area contributed by atoms with Crippen molar-refractivity contribution in [2.45, 2.75) is 31.5 Å². The molecular weight excluding hydrogens is 275 g/mol. The molecule has 0 aliphatic heterocycles. The number of alkyl halides is 3. The summed E-state index contributed by atoms with van der Waals surface area (Å²) in [6.07, 6.45) is -1.62. The average molecular weight is 289 g/mol. The molecular formula is C12H14F3N3O2. The van der Waals surface area contributed by atoms with E-state index in [1.165, 1.54) is 7.11 Å². The molecule has 1 saturated carbocycles. The average Bonchev–Trinajstić information content (AvgIpc) is 2.85. The van der Waals surface area contributed by atoms with Gasteiger partial charge in [0, 0.05) is 12.2 Å². The maximum Gasteiger partial charge on any atom is 0.433 e. The summed E-state index contributed by atoms with van der Waals surface area (Å²) in [6, 6.07) is 0.694. The van der Waals surface area contributed by atoms with Crippen molar-refractivity contribution in [3.05, 3.63) is 18.0 Å². The van der Waals surface area contributed by atoms with Crippen molar-refractivity contribution in [2.75, 3.05) is 12.4 Å². The van der Waals surface area contributed by atoms with E-state index in [4.69, 9.17) is 0 Å². The number of nitrogens with one attached hydrogen (secondary N) is 1. The van der Waals surface area contributed by atoms with Gasteiger partial charge in [-0.25, -0.2) is 9.97 Å². The molecule has 1 aromatic heterocycles. The molecule has 1 aliphatic carbocycles. The van der Waals surface area contributed by atoms with Gasteiger partial charge in [-0.15, -0.1) is 0 Å². The summed E-state index contributed by atoms with van der Waals surface area (Å²) >= 11 is 0. The Morgan fingerprint density at radius 1 is 1.45 bits per heavy atom. The van der Waals surface area contributed by atoms with E-state index in [2.05, 4.69) is 20.0 Å². The predicted molar refractivity (Wildman–Crippen MR) is 63.8 cm³/mol. The van der Waals surface area contributed by atoms with Crippen LogP contribution in [0.2, 0.25) is 0 Å². The van der Waals surface area contributed by atoms with Gasteiger partial charge < -0.3 is 10.1 Å². The zero-order valence-corrected chi connectivity index (χ0v) is 10.8. The fraction of sp³-hybridized carbons (Fsp3) is 0.583. The molecule has 5 nitrogen and oxygen atoms in total. The first-order valence-corrected chi connectivity index (χ1v) is 6.14. The lowest BCUT2D eigenvalue weighted by Crippen LogP contribution is -2.21. The van der Waals surface area contributed by atoms with Crippen molar-refractivity contribution in [1.82, 2.24) is 9.97 Å². The Kier molecular flexibility index (Phi) is 4.10. The van der Waals surface area contributed by atoms with Crippen LogP contribution in [0, 0.1) is 5.92 Å². The number of esters is 1. The van der Waals surface area contributed by atoms with Gasteiger partial charge in [0.15, 0.2) is 0 Å². The third-order valence-corrected chi connectivity index (χ3v) is 3.25. The summed E-state index contributed by atoms with van der Waals surface area (Å²) in [4.78, 5) is 18.6. The summed E-state index contributed by atoms with van der Waals surface area (Å²) in [6.45, 7) is 0. The number of ether oxygens (including phenoxy) is 1. The molecule has 1 aromatic rings. The van der Waals surface area contributed by atoms with Gasteiger partial charge in [0.1, 0.15) is 5.69 Å². The van der Waals surface area contributed by atoms with Gasteiger partial charge in [-0.3, -0.25) is 4.79 Å². The van der Waals surface area contributed by atoms with Crippen LogP contribution in [-0.2, 0) is 15.7 Å². The number of methoxy groups -OCH3 is 1. The third kappa shape index (κ3) is 3.37. The fourth-order valence-electron chi connectivity index (χ4n) is 2.26. The number of aromatic nitrogens is 2. The maximum atomic E-state index is 12.5. The second-order valence-electron chi connectivity index (χ2n) is 4.64. The Hall–Kier alpha value is -1.86. The number of carbonyl (C=O) groups is 1. The van der Waals surface area contributed by atoms with Gasteiger partial charge in [-0.2, -0.15) is 13.2 Å². The van der Waals surface area contributed by atoms with Crippen LogP contribution in [0.4, 0.5) is 19.1 Å². The van der Waals surface area contributed by atoms with Crippen LogP contribution < -0.4 is 5.32 Å². The quantitative estimate of drug-likeness (QED) is 0.865. The first-order chi connectivity index (χ1) is 9.40.